The van der Waals surface area contributed by atoms with Crippen LogP contribution in [0.3, 0.4) is 0 Å². The molecule has 1 aliphatic rings. The van der Waals surface area contributed by atoms with Gasteiger partial charge in [-0.15, -0.1) is 11.3 Å². The van der Waals surface area contributed by atoms with E-state index in [1.54, 1.807) is 11.1 Å². The van der Waals surface area contributed by atoms with Gasteiger partial charge in [0.1, 0.15) is 0 Å². The van der Waals surface area contributed by atoms with Crippen LogP contribution in [-0.4, -0.2) is 0 Å². The van der Waals surface area contributed by atoms with Gasteiger partial charge in [-0.05, 0) is 72.9 Å². The molecule has 0 spiro atoms. The van der Waals surface area contributed by atoms with E-state index in [1.165, 1.54) is 57.8 Å². The van der Waals surface area contributed by atoms with Crippen molar-refractivity contribution in [3.63, 3.8) is 0 Å². The lowest BCUT2D eigenvalue weighted by molar-refractivity contribution is 0.648. The maximum absolute atomic E-state index is 2.48. The van der Waals surface area contributed by atoms with Crippen LogP contribution in [-0.2, 0) is 19.3 Å². The van der Waals surface area contributed by atoms with E-state index >= 15 is 0 Å². The molecule has 3 aromatic rings. The zero-order valence-corrected chi connectivity index (χ0v) is 13.7. The van der Waals surface area contributed by atoms with Crippen molar-refractivity contribution < 1.29 is 0 Å². The van der Waals surface area contributed by atoms with Gasteiger partial charge in [0.05, 0.1) is 0 Å². The molecule has 1 aliphatic carbocycles. The number of fused-ring (bicyclic) bond motifs is 4. The van der Waals surface area contributed by atoms with E-state index in [9.17, 15) is 0 Å². The van der Waals surface area contributed by atoms with Crippen LogP contribution in [0.5, 0.6) is 0 Å². The van der Waals surface area contributed by atoms with Crippen LogP contribution in [0.1, 0.15) is 43.4 Å². The highest BCUT2D eigenvalue weighted by Gasteiger charge is 2.13. The minimum Gasteiger partial charge on any atom is -0.135 e. The monoisotopic (exact) mass is 294 g/mol. The fourth-order valence-corrected chi connectivity index (χ4v) is 4.86. The minimum atomic E-state index is 0.726. The predicted octanol–water partition coefficient (Wildman–Crippen LogP) is 6.13. The second-order valence-electron chi connectivity index (χ2n) is 6.85. The van der Waals surface area contributed by atoms with Gasteiger partial charge in [-0.25, -0.2) is 0 Å². The zero-order valence-electron chi connectivity index (χ0n) is 12.9. The Bertz CT molecular complexity index is 807. The standard InChI is InChI=1S/C20H22S/c1-13(2)9-14-7-8-17-18-11-15-5-3-4-6-16(15)12-20(18)21-19(17)10-14/h7-8,10-13H,3-6,9H2,1-2H3. The summed E-state index contributed by atoms with van der Waals surface area (Å²) in [5, 5.41) is 2.93. The smallest absolute Gasteiger partial charge is 0.0358 e. The van der Waals surface area contributed by atoms with Crippen molar-refractivity contribution in [1.29, 1.82) is 0 Å². The van der Waals surface area contributed by atoms with Gasteiger partial charge in [0, 0.05) is 20.2 Å². The quantitative estimate of drug-likeness (QED) is 0.533. The molecule has 0 N–H and O–H groups in total. The summed E-state index contributed by atoms with van der Waals surface area (Å²) in [6, 6.07) is 12.0. The van der Waals surface area contributed by atoms with Crippen molar-refractivity contribution in [2.75, 3.05) is 0 Å². The summed E-state index contributed by atoms with van der Waals surface area (Å²) in [7, 11) is 0. The molecule has 0 fully saturated rings. The average Bonchev–Trinajstić information content (AvgIpc) is 2.80. The van der Waals surface area contributed by atoms with E-state index in [-0.39, 0.29) is 0 Å². The number of hydrogen-bond donors (Lipinski definition) is 0. The highest BCUT2D eigenvalue weighted by molar-refractivity contribution is 7.25. The van der Waals surface area contributed by atoms with E-state index in [2.05, 4.69) is 44.2 Å². The van der Waals surface area contributed by atoms with E-state index < -0.39 is 0 Å². The Labute approximate surface area is 130 Å². The van der Waals surface area contributed by atoms with Crippen LogP contribution < -0.4 is 0 Å². The normalized spacial score (nSPS) is 15.0. The second-order valence-corrected chi connectivity index (χ2v) is 7.94. The largest absolute Gasteiger partial charge is 0.135 e. The summed E-state index contributed by atoms with van der Waals surface area (Å²) < 4.78 is 2.94. The average molecular weight is 294 g/mol. The summed E-state index contributed by atoms with van der Waals surface area (Å²) in [6.45, 7) is 4.59. The van der Waals surface area contributed by atoms with Crippen molar-refractivity contribution in [3.8, 4) is 0 Å². The van der Waals surface area contributed by atoms with E-state index in [4.69, 9.17) is 0 Å². The molecule has 0 radical (unpaired) electrons. The van der Waals surface area contributed by atoms with Crippen LogP contribution in [0.2, 0.25) is 0 Å². The summed E-state index contributed by atoms with van der Waals surface area (Å²) in [6.07, 6.45) is 6.45. The van der Waals surface area contributed by atoms with Gasteiger partial charge in [-0.2, -0.15) is 0 Å². The van der Waals surface area contributed by atoms with Gasteiger partial charge < -0.3 is 0 Å². The lowest BCUT2D eigenvalue weighted by atomic mass is 9.90. The van der Waals surface area contributed by atoms with Crippen LogP contribution in [0.15, 0.2) is 30.3 Å². The predicted molar refractivity (Wildman–Crippen MR) is 94.5 cm³/mol. The van der Waals surface area contributed by atoms with Gasteiger partial charge in [0.25, 0.3) is 0 Å². The van der Waals surface area contributed by atoms with Crippen molar-refractivity contribution in [1.82, 2.24) is 0 Å². The molecule has 0 saturated heterocycles. The molecule has 0 unspecified atom stereocenters. The molecule has 1 aromatic heterocycles. The summed E-state index contributed by atoms with van der Waals surface area (Å²) in [4.78, 5) is 0. The first-order valence-corrected chi connectivity index (χ1v) is 8.99. The van der Waals surface area contributed by atoms with Crippen LogP contribution in [0.4, 0.5) is 0 Å². The second kappa shape index (κ2) is 5.14. The molecular formula is C20H22S. The van der Waals surface area contributed by atoms with Crippen molar-refractivity contribution in [2.24, 2.45) is 5.92 Å². The molecule has 0 aliphatic heterocycles. The Morgan fingerprint density at radius 2 is 1.62 bits per heavy atom. The van der Waals surface area contributed by atoms with Gasteiger partial charge in [-0.1, -0.05) is 26.0 Å². The Hall–Kier alpha value is -1.34. The SMILES string of the molecule is CC(C)Cc1ccc2c(c1)sc1cc3c(cc12)CCCC3. The van der Waals surface area contributed by atoms with Crippen molar-refractivity contribution in [2.45, 2.75) is 46.0 Å². The van der Waals surface area contributed by atoms with E-state index in [0.29, 0.717) is 0 Å². The Morgan fingerprint density at radius 1 is 0.905 bits per heavy atom. The molecular weight excluding hydrogens is 272 g/mol. The molecule has 108 valence electrons. The van der Waals surface area contributed by atoms with Gasteiger partial charge in [0.15, 0.2) is 0 Å². The van der Waals surface area contributed by atoms with Gasteiger partial charge in [-0.3, -0.25) is 0 Å². The first kappa shape index (κ1) is 13.3. The van der Waals surface area contributed by atoms with Crippen LogP contribution in [0, 0.1) is 5.92 Å². The first-order valence-electron chi connectivity index (χ1n) is 8.17. The highest BCUT2D eigenvalue weighted by Crippen LogP contribution is 2.37. The molecule has 2 aromatic carbocycles. The number of thiophene rings is 1. The number of aryl methyl sites for hydroxylation is 2. The first-order chi connectivity index (χ1) is 10.2. The Morgan fingerprint density at radius 3 is 2.38 bits per heavy atom. The molecule has 0 amide bonds. The van der Waals surface area contributed by atoms with E-state index in [1.807, 2.05) is 11.3 Å². The highest BCUT2D eigenvalue weighted by atomic mass is 32.1. The molecule has 4 rings (SSSR count). The van der Waals surface area contributed by atoms with Crippen LogP contribution in [0.25, 0.3) is 20.2 Å². The molecule has 0 bridgehead atoms. The Balaban J connectivity index is 1.89. The van der Waals surface area contributed by atoms with Gasteiger partial charge >= 0.3 is 0 Å². The third-order valence-corrected chi connectivity index (χ3v) is 5.76. The lowest BCUT2D eigenvalue weighted by Gasteiger charge is -2.15. The van der Waals surface area contributed by atoms with Crippen LogP contribution >= 0.6 is 11.3 Å². The zero-order chi connectivity index (χ0) is 14.4. The molecule has 1 heterocycles. The fraction of sp³-hybridized carbons (Fsp3) is 0.400. The summed E-state index contributed by atoms with van der Waals surface area (Å²) in [5.74, 6) is 0.726. The van der Waals surface area contributed by atoms with E-state index in [0.717, 1.165) is 5.92 Å². The number of hydrogen-bond acceptors (Lipinski definition) is 1. The topological polar surface area (TPSA) is 0 Å². The number of benzene rings is 2. The maximum atomic E-state index is 2.48. The van der Waals surface area contributed by atoms with Crippen molar-refractivity contribution in [3.05, 3.63) is 47.0 Å². The molecule has 1 heteroatoms. The fourth-order valence-electron chi connectivity index (χ4n) is 3.65. The summed E-state index contributed by atoms with van der Waals surface area (Å²) in [5.41, 5.74) is 4.68. The third-order valence-electron chi connectivity index (χ3n) is 4.64. The van der Waals surface area contributed by atoms with Gasteiger partial charge in [0.2, 0.25) is 0 Å². The molecule has 0 saturated carbocycles. The Kier molecular flexibility index (Phi) is 3.26. The molecule has 0 nitrogen and oxygen atoms in total. The third kappa shape index (κ3) is 2.38. The summed E-state index contributed by atoms with van der Waals surface area (Å²) >= 11 is 1.98. The lowest BCUT2D eigenvalue weighted by Crippen LogP contribution is -2.01. The molecule has 21 heavy (non-hydrogen) atoms. The maximum Gasteiger partial charge on any atom is 0.0358 e. The van der Waals surface area contributed by atoms with Crippen molar-refractivity contribution >= 4 is 31.5 Å². The number of rotatable bonds is 2. The molecule has 0 atom stereocenters. The minimum absolute atomic E-state index is 0.726.